The lowest BCUT2D eigenvalue weighted by atomic mass is 9.64. The molecule has 2 rings (SSSR count). The van der Waals surface area contributed by atoms with Gasteiger partial charge in [0.15, 0.2) is 10.7 Å². The number of rotatable bonds is 1. The van der Waals surface area contributed by atoms with Crippen molar-refractivity contribution in [2.24, 2.45) is 23.7 Å². The molecular formula is C14H21N2O+. The van der Waals surface area contributed by atoms with Crippen LogP contribution in [0.5, 0.6) is 0 Å². The second-order valence-electron chi connectivity index (χ2n) is 5.69. The summed E-state index contributed by atoms with van der Waals surface area (Å²) in [4.78, 5) is 3.25. The van der Waals surface area contributed by atoms with Crippen LogP contribution in [-0.4, -0.2) is 5.11 Å². The van der Waals surface area contributed by atoms with Crippen LogP contribution in [0.4, 0.5) is 0 Å². The Morgan fingerprint density at radius 1 is 1.47 bits per heavy atom. The summed E-state index contributed by atoms with van der Waals surface area (Å²) in [6.45, 7) is 6.56. The van der Waals surface area contributed by atoms with Crippen LogP contribution >= 0.6 is 0 Å². The van der Waals surface area contributed by atoms with Gasteiger partial charge in [-0.1, -0.05) is 25.5 Å². The zero-order valence-electron chi connectivity index (χ0n) is 10.8. The summed E-state index contributed by atoms with van der Waals surface area (Å²) in [6.07, 6.45) is 5.01. The maximum absolute atomic E-state index is 10.3. The Hall–Kier alpha value is -1.30. The third-order valence-electron chi connectivity index (χ3n) is 4.47. The molecule has 92 valence electrons. The zero-order valence-corrected chi connectivity index (χ0v) is 10.8. The number of diazo groups is 1. The lowest BCUT2D eigenvalue weighted by Gasteiger charge is -2.40. The number of aliphatic hydroxyl groups excluding tert-OH is 1. The Morgan fingerprint density at radius 3 is 2.76 bits per heavy atom. The number of allylic oxidation sites excluding steroid dienone is 4. The molecule has 3 nitrogen and oxygen atoms in total. The van der Waals surface area contributed by atoms with E-state index in [0.29, 0.717) is 35.6 Å². The lowest BCUT2D eigenvalue weighted by molar-refractivity contribution is 0.140. The van der Waals surface area contributed by atoms with Gasteiger partial charge in [-0.25, -0.2) is 0 Å². The van der Waals surface area contributed by atoms with Crippen molar-refractivity contribution in [1.82, 2.24) is 0 Å². The summed E-state index contributed by atoms with van der Waals surface area (Å²) >= 11 is 0. The fourth-order valence-corrected chi connectivity index (χ4v) is 3.40. The average Bonchev–Trinajstić information content (AvgIpc) is 2.30. The van der Waals surface area contributed by atoms with E-state index >= 15 is 0 Å². The van der Waals surface area contributed by atoms with Gasteiger partial charge in [-0.15, -0.1) is 0 Å². The summed E-state index contributed by atoms with van der Waals surface area (Å²) in [7, 11) is 0. The highest BCUT2D eigenvalue weighted by molar-refractivity contribution is 5.27. The first-order valence-corrected chi connectivity index (χ1v) is 6.50. The normalized spacial score (nSPS) is 33.1. The van der Waals surface area contributed by atoms with E-state index in [4.69, 9.17) is 5.39 Å². The average molecular weight is 233 g/mol. The number of aliphatic hydroxyl groups is 1. The molecule has 0 aliphatic heterocycles. The molecule has 2 aliphatic carbocycles. The Morgan fingerprint density at radius 2 is 2.18 bits per heavy atom. The van der Waals surface area contributed by atoms with Gasteiger partial charge in [0.05, 0.1) is 6.42 Å². The van der Waals surface area contributed by atoms with Gasteiger partial charge >= 0.3 is 5.70 Å². The van der Waals surface area contributed by atoms with Crippen LogP contribution in [0, 0.1) is 29.1 Å². The minimum atomic E-state index is 0.152. The fourth-order valence-electron chi connectivity index (χ4n) is 3.40. The number of nitrogens with zero attached hydrogens (tertiary/aromatic N) is 2. The van der Waals surface area contributed by atoms with Gasteiger partial charge in [-0.3, -0.25) is 0 Å². The van der Waals surface area contributed by atoms with Crippen molar-refractivity contribution in [1.29, 1.82) is 5.39 Å². The van der Waals surface area contributed by atoms with Crippen molar-refractivity contribution in [3.8, 4) is 0 Å². The van der Waals surface area contributed by atoms with Crippen molar-refractivity contribution in [3.63, 3.8) is 0 Å². The second-order valence-corrected chi connectivity index (χ2v) is 5.69. The first kappa shape index (κ1) is 12.2. The largest absolute Gasteiger partial charge is 0.505 e. The van der Waals surface area contributed by atoms with Crippen LogP contribution in [0.1, 0.15) is 40.0 Å². The maximum atomic E-state index is 10.3. The van der Waals surface area contributed by atoms with E-state index in [1.807, 2.05) is 0 Å². The highest BCUT2D eigenvalue weighted by Crippen LogP contribution is 2.48. The van der Waals surface area contributed by atoms with Crippen LogP contribution < -0.4 is 0 Å². The minimum absolute atomic E-state index is 0.152. The molecule has 0 saturated carbocycles. The molecule has 0 saturated heterocycles. The van der Waals surface area contributed by atoms with E-state index in [1.54, 1.807) is 0 Å². The van der Waals surface area contributed by atoms with Crippen LogP contribution in [0.2, 0.25) is 0 Å². The molecule has 0 aromatic carbocycles. The highest BCUT2D eigenvalue weighted by Gasteiger charge is 2.44. The second kappa shape index (κ2) is 4.52. The molecule has 0 aromatic rings. The van der Waals surface area contributed by atoms with E-state index in [2.05, 4.69) is 31.8 Å². The molecule has 0 fully saturated rings. The molecule has 0 bridgehead atoms. The standard InChI is InChI=1S/C14H20N2O/c1-8(2)10-5-4-9(3)11-6-7-12(16-15)14(17)13(10)11/h4,8,10-11,13H,5-7H2,1-3H3/p+1/t10-,11-,13-/m1/s1. The lowest BCUT2D eigenvalue weighted by Crippen LogP contribution is -2.35. The zero-order chi connectivity index (χ0) is 12.6. The van der Waals surface area contributed by atoms with E-state index in [0.717, 1.165) is 12.8 Å². The van der Waals surface area contributed by atoms with Gasteiger partial charge in [0, 0.05) is 5.92 Å². The van der Waals surface area contributed by atoms with E-state index in [1.165, 1.54) is 5.57 Å². The third-order valence-corrected chi connectivity index (χ3v) is 4.47. The first-order chi connectivity index (χ1) is 8.06. The van der Waals surface area contributed by atoms with Gasteiger partial charge in [0.1, 0.15) is 0 Å². The first-order valence-electron chi connectivity index (χ1n) is 6.50. The molecule has 2 aliphatic rings. The van der Waals surface area contributed by atoms with Gasteiger partial charge in [0.2, 0.25) is 5.39 Å². The molecule has 0 unspecified atom stereocenters. The van der Waals surface area contributed by atoms with Crippen LogP contribution in [0.15, 0.2) is 23.1 Å². The van der Waals surface area contributed by atoms with Crippen LogP contribution in [-0.2, 0) is 0 Å². The van der Waals surface area contributed by atoms with Gasteiger partial charge in [-0.05, 0) is 37.5 Å². The van der Waals surface area contributed by atoms with Crippen LogP contribution in [0.25, 0.3) is 4.98 Å². The Kier molecular flexibility index (Phi) is 3.24. The van der Waals surface area contributed by atoms with Crippen LogP contribution in [0.3, 0.4) is 0 Å². The molecule has 0 amide bonds. The molecule has 3 heteroatoms. The molecule has 0 heterocycles. The van der Waals surface area contributed by atoms with Gasteiger partial charge in [-0.2, -0.15) is 0 Å². The van der Waals surface area contributed by atoms with Crippen molar-refractivity contribution in [2.75, 3.05) is 0 Å². The van der Waals surface area contributed by atoms with Crippen molar-refractivity contribution in [2.45, 2.75) is 40.0 Å². The third kappa shape index (κ3) is 1.97. The number of hydrogen-bond acceptors (Lipinski definition) is 2. The molecule has 0 aromatic heterocycles. The van der Waals surface area contributed by atoms with E-state index < -0.39 is 0 Å². The van der Waals surface area contributed by atoms with E-state index in [-0.39, 0.29) is 5.92 Å². The van der Waals surface area contributed by atoms with Gasteiger partial charge in [0.25, 0.3) is 0 Å². The summed E-state index contributed by atoms with van der Waals surface area (Å²) in [5.41, 5.74) is 1.88. The smallest absolute Gasteiger partial charge is 0.398 e. The van der Waals surface area contributed by atoms with Crippen molar-refractivity contribution >= 4 is 0 Å². The molecular weight excluding hydrogens is 212 g/mol. The minimum Gasteiger partial charge on any atom is -0.505 e. The maximum Gasteiger partial charge on any atom is 0.398 e. The molecule has 3 atom stereocenters. The summed E-state index contributed by atoms with van der Waals surface area (Å²) < 4.78 is 0. The monoisotopic (exact) mass is 233 g/mol. The fraction of sp³-hybridized carbons (Fsp3) is 0.714. The molecule has 0 spiro atoms. The number of fused-ring (bicyclic) bond motifs is 1. The Balaban J connectivity index is 2.42. The molecule has 1 N–H and O–H groups in total. The summed E-state index contributed by atoms with van der Waals surface area (Å²) in [5, 5.41) is 19.2. The van der Waals surface area contributed by atoms with Gasteiger partial charge < -0.3 is 5.11 Å². The topological polar surface area (TPSA) is 48.4 Å². The summed E-state index contributed by atoms with van der Waals surface area (Å²) in [5.74, 6) is 1.91. The predicted octanol–water partition coefficient (Wildman–Crippen LogP) is 4.26. The van der Waals surface area contributed by atoms with Crippen molar-refractivity contribution < 1.29 is 5.11 Å². The summed E-state index contributed by atoms with van der Waals surface area (Å²) in [6, 6.07) is 0. The highest BCUT2D eigenvalue weighted by atomic mass is 16.3. The van der Waals surface area contributed by atoms with E-state index in [9.17, 15) is 5.11 Å². The number of hydrogen-bond donors (Lipinski definition) is 1. The Bertz CT molecular complexity index is 414. The molecule has 17 heavy (non-hydrogen) atoms. The van der Waals surface area contributed by atoms with Crippen molar-refractivity contribution in [3.05, 3.63) is 28.1 Å². The quantitative estimate of drug-likeness (QED) is 0.543. The predicted molar refractivity (Wildman–Crippen MR) is 67.7 cm³/mol. The Labute approximate surface area is 103 Å². The molecule has 0 radical (unpaired) electrons. The SMILES string of the molecule is CC1=CC[C@H](C(C)C)[C@H]2C(O)=C([N+]#N)CC[C@H]12.